The second-order valence-corrected chi connectivity index (χ2v) is 4.41. The Labute approximate surface area is 96.8 Å². The van der Waals surface area contributed by atoms with Gasteiger partial charge in [-0.25, -0.2) is 4.39 Å². The monoisotopic (exact) mass is 225 g/mol. The molecule has 0 amide bonds. The average molecular weight is 225 g/mol. The van der Waals surface area contributed by atoms with Gasteiger partial charge in [-0.15, -0.1) is 0 Å². The summed E-state index contributed by atoms with van der Waals surface area (Å²) in [5.74, 6) is 0.259. The molecule has 0 radical (unpaired) electrons. The first-order valence-corrected chi connectivity index (χ1v) is 5.56. The van der Waals surface area contributed by atoms with E-state index in [4.69, 9.17) is 4.74 Å². The van der Waals surface area contributed by atoms with Crippen LogP contribution in [-0.2, 0) is 4.74 Å². The van der Waals surface area contributed by atoms with E-state index in [0.29, 0.717) is 18.1 Å². The SMILES string of the molecule is COCC(Nc1ccc(C)c(F)c1)C(C)C. The Hall–Kier alpha value is -1.09. The van der Waals surface area contributed by atoms with Crippen LogP contribution in [0.4, 0.5) is 10.1 Å². The smallest absolute Gasteiger partial charge is 0.128 e. The highest BCUT2D eigenvalue weighted by Gasteiger charge is 2.13. The molecule has 0 saturated carbocycles. The maximum Gasteiger partial charge on any atom is 0.128 e. The Bertz CT molecular complexity index is 339. The molecule has 0 aliphatic heterocycles. The minimum atomic E-state index is -0.176. The lowest BCUT2D eigenvalue weighted by Crippen LogP contribution is -2.30. The summed E-state index contributed by atoms with van der Waals surface area (Å²) in [5, 5.41) is 3.28. The lowest BCUT2D eigenvalue weighted by atomic mass is 10.0. The molecule has 3 heteroatoms. The molecule has 1 unspecified atom stereocenters. The summed E-state index contributed by atoms with van der Waals surface area (Å²) in [6.45, 7) is 6.60. The van der Waals surface area contributed by atoms with Crippen molar-refractivity contribution in [2.75, 3.05) is 19.0 Å². The molecule has 1 aromatic rings. The molecule has 1 aromatic carbocycles. The number of anilines is 1. The van der Waals surface area contributed by atoms with Crippen LogP contribution in [-0.4, -0.2) is 19.8 Å². The summed E-state index contributed by atoms with van der Waals surface area (Å²) in [7, 11) is 1.67. The van der Waals surface area contributed by atoms with Gasteiger partial charge in [-0.05, 0) is 30.5 Å². The number of ether oxygens (including phenoxy) is 1. The number of halogens is 1. The van der Waals surface area contributed by atoms with Crippen LogP contribution in [0.15, 0.2) is 18.2 Å². The van der Waals surface area contributed by atoms with E-state index in [2.05, 4.69) is 19.2 Å². The summed E-state index contributed by atoms with van der Waals surface area (Å²) in [6.07, 6.45) is 0. The third-order valence-electron chi connectivity index (χ3n) is 2.67. The first-order valence-electron chi connectivity index (χ1n) is 5.56. The molecule has 0 aromatic heterocycles. The molecule has 0 bridgehead atoms. The Morgan fingerprint density at radius 3 is 2.56 bits per heavy atom. The fourth-order valence-corrected chi connectivity index (χ4v) is 1.48. The molecule has 16 heavy (non-hydrogen) atoms. The van der Waals surface area contributed by atoms with Crippen molar-refractivity contribution in [2.45, 2.75) is 26.8 Å². The number of methoxy groups -OCH3 is 1. The van der Waals surface area contributed by atoms with Crippen molar-refractivity contribution < 1.29 is 9.13 Å². The first kappa shape index (κ1) is 13.0. The third-order valence-corrected chi connectivity index (χ3v) is 2.67. The van der Waals surface area contributed by atoms with Crippen LogP contribution in [0.2, 0.25) is 0 Å². The van der Waals surface area contributed by atoms with E-state index in [-0.39, 0.29) is 11.9 Å². The van der Waals surface area contributed by atoms with E-state index >= 15 is 0 Å². The molecule has 0 saturated heterocycles. The zero-order valence-corrected chi connectivity index (χ0v) is 10.4. The molecule has 0 heterocycles. The van der Waals surface area contributed by atoms with Crippen molar-refractivity contribution in [3.05, 3.63) is 29.6 Å². The molecular weight excluding hydrogens is 205 g/mol. The van der Waals surface area contributed by atoms with Gasteiger partial charge in [0.15, 0.2) is 0 Å². The minimum Gasteiger partial charge on any atom is -0.383 e. The number of benzene rings is 1. The van der Waals surface area contributed by atoms with Gasteiger partial charge in [-0.2, -0.15) is 0 Å². The molecule has 1 rings (SSSR count). The van der Waals surface area contributed by atoms with Gasteiger partial charge in [0.25, 0.3) is 0 Å². The lowest BCUT2D eigenvalue weighted by molar-refractivity contribution is 0.171. The molecule has 0 fully saturated rings. The number of aryl methyl sites for hydroxylation is 1. The second kappa shape index (κ2) is 5.85. The summed E-state index contributed by atoms with van der Waals surface area (Å²) in [6, 6.07) is 5.40. The summed E-state index contributed by atoms with van der Waals surface area (Å²) < 4.78 is 18.5. The van der Waals surface area contributed by atoms with Crippen molar-refractivity contribution in [3.8, 4) is 0 Å². The molecule has 1 atom stereocenters. The number of hydrogen-bond donors (Lipinski definition) is 1. The second-order valence-electron chi connectivity index (χ2n) is 4.41. The third kappa shape index (κ3) is 3.49. The minimum absolute atomic E-state index is 0.176. The Balaban J connectivity index is 2.73. The van der Waals surface area contributed by atoms with Gasteiger partial charge < -0.3 is 10.1 Å². The van der Waals surface area contributed by atoms with E-state index in [1.165, 1.54) is 6.07 Å². The zero-order chi connectivity index (χ0) is 12.1. The van der Waals surface area contributed by atoms with Gasteiger partial charge in [-0.1, -0.05) is 19.9 Å². The van der Waals surface area contributed by atoms with Gasteiger partial charge in [0.05, 0.1) is 12.6 Å². The summed E-state index contributed by atoms with van der Waals surface area (Å²) >= 11 is 0. The molecule has 1 N–H and O–H groups in total. The van der Waals surface area contributed by atoms with Crippen LogP contribution in [0.5, 0.6) is 0 Å². The molecule has 90 valence electrons. The molecule has 0 aliphatic rings. The largest absolute Gasteiger partial charge is 0.383 e. The number of nitrogens with one attached hydrogen (secondary N) is 1. The molecule has 0 aliphatic carbocycles. The van der Waals surface area contributed by atoms with E-state index in [0.717, 1.165) is 5.69 Å². The predicted octanol–water partition coefficient (Wildman–Crippen LogP) is 3.22. The van der Waals surface area contributed by atoms with E-state index < -0.39 is 0 Å². The topological polar surface area (TPSA) is 21.3 Å². The maximum absolute atomic E-state index is 13.3. The fourth-order valence-electron chi connectivity index (χ4n) is 1.48. The van der Waals surface area contributed by atoms with Crippen LogP contribution in [0, 0.1) is 18.7 Å². The van der Waals surface area contributed by atoms with Crippen LogP contribution in [0.1, 0.15) is 19.4 Å². The highest BCUT2D eigenvalue weighted by atomic mass is 19.1. The van der Waals surface area contributed by atoms with E-state index in [9.17, 15) is 4.39 Å². The van der Waals surface area contributed by atoms with Gasteiger partial charge in [0.1, 0.15) is 5.82 Å². The number of hydrogen-bond acceptors (Lipinski definition) is 2. The highest BCUT2D eigenvalue weighted by Crippen LogP contribution is 2.16. The fraction of sp³-hybridized carbons (Fsp3) is 0.538. The predicted molar refractivity (Wildman–Crippen MR) is 65.3 cm³/mol. The van der Waals surface area contributed by atoms with Crippen molar-refractivity contribution in [2.24, 2.45) is 5.92 Å². The van der Waals surface area contributed by atoms with Crippen LogP contribution < -0.4 is 5.32 Å². The lowest BCUT2D eigenvalue weighted by Gasteiger charge is -2.22. The standard InChI is InChI=1S/C13H20FNO/c1-9(2)13(8-16-4)15-11-6-5-10(3)12(14)7-11/h5-7,9,13,15H,8H2,1-4H3. The normalized spacial score (nSPS) is 12.9. The molecule has 0 spiro atoms. The summed E-state index contributed by atoms with van der Waals surface area (Å²) in [4.78, 5) is 0. The van der Waals surface area contributed by atoms with Gasteiger partial charge in [0, 0.05) is 12.8 Å². The van der Waals surface area contributed by atoms with E-state index in [1.807, 2.05) is 6.07 Å². The van der Waals surface area contributed by atoms with Crippen molar-refractivity contribution in [1.82, 2.24) is 0 Å². The highest BCUT2D eigenvalue weighted by molar-refractivity contribution is 5.46. The maximum atomic E-state index is 13.3. The first-order chi connectivity index (χ1) is 7.54. The van der Waals surface area contributed by atoms with Crippen molar-refractivity contribution in [3.63, 3.8) is 0 Å². The summed E-state index contributed by atoms with van der Waals surface area (Å²) in [5.41, 5.74) is 1.47. The van der Waals surface area contributed by atoms with Gasteiger partial charge >= 0.3 is 0 Å². The average Bonchev–Trinajstić information content (AvgIpc) is 2.22. The molecular formula is C13H20FNO. The van der Waals surface area contributed by atoms with Crippen LogP contribution in [0.25, 0.3) is 0 Å². The van der Waals surface area contributed by atoms with Gasteiger partial charge in [-0.3, -0.25) is 0 Å². The van der Waals surface area contributed by atoms with Gasteiger partial charge in [0.2, 0.25) is 0 Å². The van der Waals surface area contributed by atoms with Crippen molar-refractivity contribution in [1.29, 1.82) is 0 Å². The Kier molecular flexibility index (Phi) is 4.74. The van der Waals surface area contributed by atoms with Crippen LogP contribution in [0.3, 0.4) is 0 Å². The Morgan fingerprint density at radius 2 is 2.06 bits per heavy atom. The van der Waals surface area contributed by atoms with Crippen LogP contribution >= 0.6 is 0 Å². The zero-order valence-electron chi connectivity index (χ0n) is 10.4. The van der Waals surface area contributed by atoms with Crippen molar-refractivity contribution >= 4 is 5.69 Å². The molecule has 2 nitrogen and oxygen atoms in total. The van der Waals surface area contributed by atoms with E-state index in [1.54, 1.807) is 20.1 Å². The quantitative estimate of drug-likeness (QED) is 0.830. The number of rotatable bonds is 5. The Morgan fingerprint density at radius 1 is 1.38 bits per heavy atom.